The summed E-state index contributed by atoms with van der Waals surface area (Å²) in [5, 5.41) is 3.09. The molecule has 0 spiro atoms. The third-order valence-corrected chi connectivity index (χ3v) is 5.71. The molecule has 2 aliphatic rings. The minimum Gasteiger partial charge on any atom is -0.379 e. The minimum absolute atomic E-state index is 0.0541. The molecule has 2 aliphatic heterocycles. The Labute approximate surface area is 148 Å². The fourth-order valence-electron chi connectivity index (χ4n) is 3.45. The van der Waals surface area contributed by atoms with Crippen LogP contribution in [0, 0.1) is 6.92 Å². The normalized spacial score (nSPS) is 21.9. The number of likely N-dealkylation sites (tertiary alicyclic amines) is 1. The average molecular weight is 350 g/mol. The number of aryl methyl sites for hydroxylation is 1. The number of morpholine rings is 1. The van der Waals surface area contributed by atoms with Crippen molar-refractivity contribution in [2.24, 2.45) is 0 Å². The second-order valence-electron chi connectivity index (χ2n) is 6.51. The highest BCUT2D eigenvalue weighted by Crippen LogP contribution is 2.22. The fourth-order valence-corrected chi connectivity index (χ4v) is 4.15. The zero-order chi connectivity index (χ0) is 16.9. The lowest BCUT2D eigenvalue weighted by molar-refractivity contribution is 0.0191. The lowest BCUT2D eigenvalue weighted by atomic mass is 10.1. The zero-order valence-corrected chi connectivity index (χ0v) is 15.4. The van der Waals surface area contributed by atoms with Crippen molar-refractivity contribution in [2.75, 3.05) is 45.6 Å². The van der Waals surface area contributed by atoms with E-state index in [1.54, 1.807) is 11.8 Å². The molecule has 0 aromatic heterocycles. The van der Waals surface area contributed by atoms with Gasteiger partial charge < -0.3 is 15.0 Å². The van der Waals surface area contributed by atoms with Gasteiger partial charge >= 0.3 is 6.03 Å². The molecule has 1 atom stereocenters. The Balaban J connectivity index is 1.51. The van der Waals surface area contributed by atoms with Crippen molar-refractivity contribution < 1.29 is 9.53 Å². The molecule has 3 rings (SSSR count). The Morgan fingerprint density at radius 2 is 2.12 bits per heavy atom. The third-order valence-electron chi connectivity index (χ3n) is 4.89. The number of carbonyl (C=O) groups is 1. The number of carbonyl (C=O) groups excluding carboxylic acids is 1. The minimum atomic E-state index is 0.0541. The van der Waals surface area contributed by atoms with Gasteiger partial charge in [0.1, 0.15) is 0 Å². The topological polar surface area (TPSA) is 44.8 Å². The van der Waals surface area contributed by atoms with E-state index in [9.17, 15) is 4.79 Å². The molecular formula is C18H27N3O2S. The molecule has 132 valence electrons. The molecule has 2 amide bonds. The van der Waals surface area contributed by atoms with Crippen LogP contribution in [0.3, 0.4) is 0 Å². The molecule has 1 aromatic carbocycles. The van der Waals surface area contributed by atoms with Crippen molar-refractivity contribution in [2.45, 2.75) is 30.8 Å². The molecule has 1 unspecified atom stereocenters. The van der Waals surface area contributed by atoms with Gasteiger partial charge in [-0.05, 0) is 36.8 Å². The monoisotopic (exact) mass is 349 g/mol. The summed E-state index contributed by atoms with van der Waals surface area (Å²) in [7, 11) is 0. The molecule has 6 heteroatoms. The summed E-state index contributed by atoms with van der Waals surface area (Å²) < 4.78 is 5.41. The maximum Gasteiger partial charge on any atom is 0.317 e. The van der Waals surface area contributed by atoms with Crippen molar-refractivity contribution in [3.8, 4) is 0 Å². The highest BCUT2D eigenvalue weighted by molar-refractivity contribution is 7.98. The van der Waals surface area contributed by atoms with E-state index < -0.39 is 0 Å². The van der Waals surface area contributed by atoms with Gasteiger partial charge in [0, 0.05) is 43.7 Å². The van der Waals surface area contributed by atoms with Crippen LogP contribution in [-0.2, 0) is 11.3 Å². The number of amides is 2. The molecule has 2 fully saturated rings. The quantitative estimate of drug-likeness (QED) is 0.848. The second kappa shape index (κ2) is 8.23. The second-order valence-corrected chi connectivity index (χ2v) is 7.36. The van der Waals surface area contributed by atoms with Gasteiger partial charge in [-0.2, -0.15) is 0 Å². The van der Waals surface area contributed by atoms with Gasteiger partial charge in [0.15, 0.2) is 0 Å². The first-order valence-electron chi connectivity index (χ1n) is 8.65. The molecule has 0 aliphatic carbocycles. The molecule has 1 N–H and O–H groups in total. The Morgan fingerprint density at radius 1 is 1.33 bits per heavy atom. The van der Waals surface area contributed by atoms with E-state index in [4.69, 9.17) is 4.74 Å². The highest BCUT2D eigenvalue weighted by Gasteiger charge is 2.31. The fraction of sp³-hybridized carbons (Fsp3) is 0.611. The van der Waals surface area contributed by atoms with Crippen molar-refractivity contribution in [1.82, 2.24) is 15.1 Å². The Hall–Kier alpha value is -1.24. The van der Waals surface area contributed by atoms with Crippen LogP contribution in [0.4, 0.5) is 4.79 Å². The number of hydrogen-bond donors (Lipinski definition) is 1. The number of rotatable bonds is 4. The van der Waals surface area contributed by atoms with Crippen molar-refractivity contribution >= 4 is 17.8 Å². The summed E-state index contributed by atoms with van der Waals surface area (Å²) in [6, 6.07) is 6.93. The number of urea groups is 1. The van der Waals surface area contributed by atoms with Crippen molar-refractivity contribution in [3.63, 3.8) is 0 Å². The SMILES string of the molecule is CSc1cc(C)ccc1CNC(=O)N1CCC(N2CCOCC2)C1. The summed E-state index contributed by atoms with van der Waals surface area (Å²) in [6.45, 7) is 7.96. The zero-order valence-electron chi connectivity index (χ0n) is 14.6. The Bertz CT molecular complexity index is 575. The van der Waals surface area contributed by atoms with Crippen LogP contribution < -0.4 is 5.32 Å². The van der Waals surface area contributed by atoms with Crippen LogP contribution in [0.15, 0.2) is 23.1 Å². The molecule has 5 nitrogen and oxygen atoms in total. The van der Waals surface area contributed by atoms with E-state index in [1.807, 2.05) is 4.90 Å². The number of ether oxygens (including phenoxy) is 1. The van der Waals surface area contributed by atoms with Gasteiger partial charge in [-0.15, -0.1) is 11.8 Å². The number of nitrogens with one attached hydrogen (secondary N) is 1. The first kappa shape index (κ1) is 17.6. The van der Waals surface area contributed by atoms with Crippen molar-refractivity contribution in [3.05, 3.63) is 29.3 Å². The summed E-state index contributed by atoms with van der Waals surface area (Å²) >= 11 is 1.73. The molecule has 24 heavy (non-hydrogen) atoms. The molecule has 0 radical (unpaired) electrons. The molecule has 2 heterocycles. The summed E-state index contributed by atoms with van der Waals surface area (Å²) in [4.78, 5) is 18.1. The summed E-state index contributed by atoms with van der Waals surface area (Å²) in [5.41, 5.74) is 2.44. The Kier molecular flexibility index (Phi) is 6.03. The Morgan fingerprint density at radius 3 is 2.88 bits per heavy atom. The van der Waals surface area contributed by atoms with Gasteiger partial charge in [-0.1, -0.05) is 12.1 Å². The number of hydrogen-bond acceptors (Lipinski definition) is 4. The molecule has 0 saturated carbocycles. The largest absolute Gasteiger partial charge is 0.379 e. The van der Waals surface area contributed by atoms with Crippen LogP contribution in [0.1, 0.15) is 17.5 Å². The van der Waals surface area contributed by atoms with Crippen LogP contribution >= 0.6 is 11.8 Å². The van der Waals surface area contributed by atoms with Gasteiger partial charge in [-0.3, -0.25) is 4.90 Å². The van der Waals surface area contributed by atoms with Crippen LogP contribution in [0.25, 0.3) is 0 Å². The van der Waals surface area contributed by atoms with E-state index in [1.165, 1.54) is 16.0 Å². The highest BCUT2D eigenvalue weighted by atomic mass is 32.2. The van der Waals surface area contributed by atoms with E-state index in [2.05, 4.69) is 41.6 Å². The standard InChI is InChI=1S/C18H27N3O2S/c1-14-3-4-15(17(11-14)24-2)12-19-18(22)21-6-5-16(13-21)20-7-9-23-10-8-20/h3-4,11,16H,5-10,12-13H2,1-2H3,(H,19,22). The third kappa shape index (κ3) is 4.23. The van der Waals surface area contributed by atoms with E-state index >= 15 is 0 Å². The van der Waals surface area contributed by atoms with Crippen LogP contribution in [0.2, 0.25) is 0 Å². The first-order chi connectivity index (χ1) is 11.7. The molecule has 1 aromatic rings. The van der Waals surface area contributed by atoms with E-state index in [0.29, 0.717) is 12.6 Å². The smallest absolute Gasteiger partial charge is 0.317 e. The van der Waals surface area contributed by atoms with E-state index in [-0.39, 0.29) is 6.03 Å². The molecule has 2 saturated heterocycles. The maximum absolute atomic E-state index is 12.5. The van der Waals surface area contributed by atoms with Gasteiger partial charge in [-0.25, -0.2) is 4.79 Å². The van der Waals surface area contributed by atoms with Gasteiger partial charge in [0.05, 0.1) is 13.2 Å². The number of thioether (sulfide) groups is 1. The first-order valence-corrected chi connectivity index (χ1v) is 9.88. The van der Waals surface area contributed by atoms with Crippen molar-refractivity contribution in [1.29, 1.82) is 0 Å². The average Bonchev–Trinajstić information content (AvgIpc) is 3.11. The van der Waals surface area contributed by atoms with Gasteiger partial charge in [0.2, 0.25) is 0 Å². The van der Waals surface area contributed by atoms with Crippen LogP contribution in [-0.4, -0.2) is 67.5 Å². The maximum atomic E-state index is 12.5. The van der Waals surface area contributed by atoms with E-state index in [0.717, 1.165) is 45.8 Å². The summed E-state index contributed by atoms with van der Waals surface area (Å²) in [5.74, 6) is 0. The number of nitrogens with zero attached hydrogens (tertiary/aromatic N) is 2. The van der Waals surface area contributed by atoms with Crippen LogP contribution in [0.5, 0.6) is 0 Å². The predicted molar refractivity (Wildman–Crippen MR) is 97.6 cm³/mol. The molecular weight excluding hydrogens is 322 g/mol. The van der Waals surface area contributed by atoms with Gasteiger partial charge in [0.25, 0.3) is 0 Å². The summed E-state index contributed by atoms with van der Waals surface area (Å²) in [6.07, 6.45) is 3.14. The lowest BCUT2D eigenvalue weighted by Crippen LogP contribution is -2.46. The molecule has 0 bridgehead atoms. The number of benzene rings is 1. The lowest BCUT2D eigenvalue weighted by Gasteiger charge is -2.32. The predicted octanol–water partition coefficient (Wildman–Crippen LogP) is 2.33.